The van der Waals surface area contributed by atoms with E-state index < -0.39 is 0 Å². The molecule has 1 aromatic carbocycles. The summed E-state index contributed by atoms with van der Waals surface area (Å²) in [5, 5.41) is 3.53. The van der Waals surface area contributed by atoms with Crippen molar-refractivity contribution in [1.82, 2.24) is 15.2 Å². The number of nitrogens with one attached hydrogen (secondary N) is 1. The minimum atomic E-state index is -0.152. The van der Waals surface area contributed by atoms with E-state index >= 15 is 0 Å². The zero-order valence-electron chi connectivity index (χ0n) is 14.1. The Balaban J connectivity index is 2.05. The lowest BCUT2D eigenvalue weighted by Gasteiger charge is -2.28. The maximum Gasteiger partial charge on any atom is 0.317 e. The van der Waals surface area contributed by atoms with Crippen molar-refractivity contribution in [2.24, 2.45) is 0 Å². The number of rotatable bonds is 6. The summed E-state index contributed by atoms with van der Waals surface area (Å²) in [6.45, 7) is 2.40. The van der Waals surface area contributed by atoms with Crippen LogP contribution >= 0.6 is 11.6 Å². The molecule has 24 heavy (non-hydrogen) atoms. The molecule has 5 nitrogen and oxygen atoms in total. The van der Waals surface area contributed by atoms with Gasteiger partial charge in [0.1, 0.15) is 5.75 Å². The molecule has 1 aromatic heterocycles. The molecule has 0 aliphatic heterocycles. The number of halogens is 1. The zero-order chi connectivity index (χ0) is 17.5. The van der Waals surface area contributed by atoms with Crippen LogP contribution in [0, 0.1) is 0 Å². The number of carbonyl (C=O) groups excluding carboxylic acids is 1. The Morgan fingerprint density at radius 1 is 1.33 bits per heavy atom. The fourth-order valence-corrected chi connectivity index (χ4v) is 2.84. The van der Waals surface area contributed by atoms with Crippen molar-refractivity contribution in [3.05, 3.63) is 58.9 Å². The molecule has 0 unspecified atom stereocenters. The highest BCUT2D eigenvalue weighted by atomic mass is 35.5. The molecule has 0 radical (unpaired) electrons. The van der Waals surface area contributed by atoms with E-state index in [0.717, 1.165) is 17.5 Å². The molecule has 0 saturated heterocycles. The van der Waals surface area contributed by atoms with Crippen LogP contribution in [0.3, 0.4) is 0 Å². The Bertz CT molecular complexity index is 679. The fourth-order valence-electron chi connectivity index (χ4n) is 2.64. The van der Waals surface area contributed by atoms with E-state index in [-0.39, 0.29) is 12.1 Å². The van der Waals surface area contributed by atoms with E-state index in [2.05, 4.69) is 17.2 Å². The van der Waals surface area contributed by atoms with Crippen LogP contribution in [-0.4, -0.2) is 30.1 Å². The molecule has 2 amide bonds. The first-order valence-corrected chi connectivity index (χ1v) is 8.17. The molecule has 0 bridgehead atoms. The van der Waals surface area contributed by atoms with Crippen molar-refractivity contribution in [1.29, 1.82) is 0 Å². The van der Waals surface area contributed by atoms with Crippen molar-refractivity contribution < 1.29 is 9.53 Å². The van der Waals surface area contributed by atoms with E-state index in [1.165, 1.54) is 0 Å². The maximum absolute atomic E-state index is 12.5. The number of ether oxygens (including phenoxy) is 1. The number of pyridine rings is 1. The summed E-state index contributed by atoms with van der Waals surface area (Å²) in [4.78, 5) is 18.2. The lowest BCUT2D eigenvalue weighted by molar-refractivity contribution is 0.188. The Labute approximate surface area is 147 Å². The molecule has 2 rings (SSSR count). The van der Waals surface area contributed by atoms with Gasteiger partial charge in [-0.1, -0.05) is 18.5 Å². The van der Waals surface area contributed by atoms with Gasteiger partial charge in [-0.2, -0.15) is 0 Å². The molecule has 1 atom stereocenters. The van der Waals surface area contributed by atoms with Crippen LogP contribution in [0.1, 0.15) is 30.5 Å². The smallest absolute Gasteiger partial charge is 0.317 e. The summed E-state index contributed by atoms with van der Waals surface area (Å²) < 4.78 is 5.30. The lowest BCUT2D eigenvalue weighted by Crippen LogP contribution is -2.39. The monoisotopic (exact) mass is 347 g/mol. The molecule has 0 spiro atoms. The van der Waals surface area contributed by atoms with Gasteiger partial charge in [0.25, 0.3) is 0 Å². The maximum atomic E-state index is 12.5. The minimum Gasteiger partial charge on any atom is -0.496 e. The van der Waals surface area contributed by atoms with Gasteiger partial charge in [0.2, 0.25) is 0 Å². The van der Waals surface area contributed by atoms with Gasteiger partial charge in [0.15, 0.2) is 0 Å². The Hall–Kier alpha value is -2.27. The SMILES string of the molecule is CC[C@@H](c1ccncc1)N(C)C(=O)NCc1cc(Cl)ccc1OC. The van der Waals surface area contributed by atoms with Gasteiger partial charge in [-0.05, 0) is 42.3 Å². The van der Waals surface area contributed by atoms with E-state index in [0.29, 0.717) is 17.3 Å². The number of nitrogens with zero attached hydrogens (tertiary/aromatic N) is 2. The second kappa shape index (κ2) is 8.55. The van der Waals surface area contributed by atoms with Crippen LogP contribution < -0.4 is 10.1 Å². The molecule has 0 aliphatic carbocycles. The van der Waals surface area contributed by atoms with Gasteiger partial charge in [0.05, 0.1) is 13.2 Å². The predicted molar refractivity (Wildman–Crippen MR) is 95.3 cm³/mol. The second-order valence-corrected chi connectivity index (χ2v) is 5.87. The summed E-state index contributed by atoms with van der Waals surface area (Å²) in [5.41, 5.74) is 1.90. The standard InChI is InChI=1S/C18H22ClN3O2/c1-4-16(13-7-9-20-10-8-13)22(2)18(23)21-12-14-11-15(19)5-6-17(14)24-3/h5-11,16H,4,12H2,1-3H3,(H,21,23)/t16-/m0/s1. The van der Waals surface area contributed by atoms with Gasteiger partial charge in [-0.15, -0.1) is 0 Å². The highest BCUT2D eigenvalue weighted by molar-refractivity contribution is 6.30. The molecule has 0 fully saturated rings. The van der Waals surface area contributed by atoms with Crippen LogP contribution in [0.15, 0.2) is 42.7 Å². The first kappa shape index (κ1) is 18.1. The topological polar surface area (TPSA) is 54.5 Å². The fraction of sp³-hybridized carbons (Fsp3) is 0.333. The lowest BCUT2D eigenvalue weighted by atomic mass is 10.1. The van der Waals surface area contributed by atoms with Gasteiger partial charge in [0, 0.05) is 36.6 Å². The summed E-state index contributed by atoms with van der Waals surface area (Å²) in [6, 6.07) is 9.04. The van der Waals surface area contributed by atoms with Crippen molar-refractivity contribution >= 4 is 17.6 Å². The van der Waals surface area contributed by atoms with Crippen LogP contribution in [-0.2, 0) is 6.54 Å². The van der Waals surface area contributed by atoms with E-state index in [9.17, 15) is 4.79 Å². The van der Waals surface area contributed by atoms with Crippen molar-refractivity contribution in [3.63, 3.8) is 0 Å². The van der Waals surface area contributed by atoms with E-state index in [1.807, 2.05) is 12.1 Å². The number of hydrogen-bond acceptors (Lipinski definition) is 3. The molecule has 2 aromatic rings. The minimum absolute atomic E-state index is 0.00532. The summed E-state index contributed by atoms with van der Waals surface area (Å²) in [5.74, 6) is 0.698. The summed E-state index contributed by atoms with van der Waals surface area (Å²) in [6.07, 6.45) is 4.29. The van der Waals surface area contributed by atoms with Gasteiger partial charge < -0.3 is 15.0 Å². The van der Waals surface area contributed by atoms with Gasteiger partial charge in [-0.3, -0.25) is 4.98 Å². The van der Waals surface area contributed by atoms with Crippen LogP contribution in [0.4, 0.5) is 4.79 Å². The molecular formula is C18H22ClN3O2. The third-order valence-corrected chi connectivity index (χ3v) is 4.17. The number of urea groups is 1. The molecule has 1 heterocycles. The summed E-state index contributed by atoms with van der Waals surface area (Å²) >= 11 is 6.02. The number of carbonyl (C=O) groups is 1. The molecule has 0 saturated carbocycles. The Kier molecular flexibility index (Phi) is 6.44. The highest BCUT2D eigenvalue weighted by Crippen LogP contribution is 2.24. The number of methoxy groups -OCH3 is 1. The third kappa shape index (κ3) is 4.38. The van der Waals surface area contributed by atoms with Crippen LogP contribution in [0.2, 0.25) is 5.02 Å². The quantitative estimate of drug-likeness (QED) is 0.858. The van der Waals surface area contributed by atoms with Crippen molar-refractivity contribution in [2.45, 2.75) is 25.9 Å². The van der Waals surface area contributed by atoms with Gasteiger partial charge in [-0.25, -0.2) is 4.79 Å². The first-order valence-electron chi connectivity index (χ1n) is 7.79. The van der Waals surface area contributed by atoms with Gasteiger partial charge >= 0.3 is 6.03 Å². The summed E-state index contributed by atoms with van der Waals surface area (Å²) in [7, 11) is 3.39. The Morgan fingerprint density at radius 3 is 2.67 bits per heavy atom. The normalized spacial score (nSPS) is 11.7. The predicted octanol–water partition coefficient (Wildman–Crippen LogP) is 4.04. The van der Waals surface area contributed by atoms with Crippen LogP contribution in [0.25, 0.3) is 0 Å². The largest absolute Gasteiger partial charge is 0.496 e. The molecular weight excluding hydrogens is 326 g/mol. The highest BCUT2D eigenvalue weighted by Gasteiger charge is 2.20. The third-order valence-electron chi connectivity index (χ3n) is 3.94. The molecule has 128 valence electrons. The molecule has 6 heteroatoms. The number of benzene rings is 1. The molecule has 1 N–H and O–H groups in total. The molecule has 0 aliphatic rings. The number of hydrogen-bond donors (Lipinski definition) is 1. The van der Waals surface area contributed by atoms with Crippen molar-refractivity contribution in [3.8, 4) is 5.75 Å². The van der Waals surface area contributed by atoms with E-state index in [4.69, 9.17) is 16.3 Å². The first-order chi connectivity index (χ1) is 11.6. The number of amides is 2. The average molecular weight is 348 g/mol. The van der Waals surface area contributed by atoms with Crippen molar-refractivity contribution in [2.75, 3.05) is 14.2 Å². The average Bonchev–Trinajstić information content (AvgIpc) is 2.61. The zero-order valence-corrected chi connectivity index (χ0v) is 14.9. The Morgan fingerprint density at radius 2 is 2.04 bits per heavy atom. The number of aromatic nitrogens is 1. The van der Waals surface area contributed by atoms with Crippen LogP contribution in [0.5, 0.6) is 5.75 Å². The second-order valence-electron chi connectivity index (χ2n) is 5.43. The van der Waals surface area contributed by atoms with E-state index in [1.54, 1.807) is 49.7 Å².